The van der Waals surface area contributed by atoms with E-state index in [0.29, 0.717) is 12.3 Å². The number of hydrogen-bond donors (Lipinski definition) is 1. The highest BCUT2D eigenvalue weighted by atomic mass is 19.2. The van der Waals surface area contributed by atoms with E-state index in [9.17, 15) is 8.78 Å². The molecule has 0 saturated carbocycles. The van der Waals surface area contributed by atoms with Crippen molar-refractivity contribution in [2.75, 3.05) is 7.05 Å². The van der Waals surface area contributed by atoms with Crippen LogP contribution in [0.5, 0.6) is 5.75 Å². The van der Waals surface area contributed by atoms with Crippen LogP contribution < -0.4 is 10.1 Å². The van der Waals surface area contributed by atoms with Crippen LogP contribution in [0.2, 0.25) is 0 Å². The monoisotopic (exact) mass is 263 g/mol. The average molecular weight is 263 g/mol. The SMILES string of the molecule is CNCc1ccccc1OCc1cccc(F)c1F. The summed E-state index contributed by atoms with van der Waals surface area (Å²) in [5.74, 6) is -1.04. The highest BCUT2D eigenvalue weighted by molar-refractivity contribution is 5.33. The van der Waals surface area contributed by atoms with E-state index in [-0.39, 0.29) is 12.2 Å². The number of rotatable bonds is 5. The van der Waals surface area contributed by atoms with Gasteiger partial charge in [-0.1, -0.05) is 30.3 Å². The molecule has 0 unspecified atom stereocenters. The molecule has 2 aromatic carbocycles. The van der Waals surface area contributed by atoms with E-state index < -0.39 is 11.6 Å². The van der Waals surface area contributed by atoms with Crippen LogP contribution in [0.1, 0.15) is 11.1 Å². The minimum atomic E-state index is -0.857. The minimum Gasteiger partial charge on any atom is -0.488 e. The zero-order chi connectivity index (χ0) is 13.7. The topological polar surface area (TPSA) is 21.3 Å². The molecule has 0 aliphatic carbocycles. The predicted molar refractivity (Wildman–Crippen MR) is 69.9 cm³/mol. The third kappa shape index (κ3) is 3.29. The van der Waals surface area contributed by atoms with Gasteiger partial charge in [-0.05, 0) is 19.2 Å². The Hall–Kier alpha value is -1.94. The lowest BCUT2D eigenvalue weighted by atomic mass is 10.2. The summed E-state index contributed by atoms with van der Waals surface area (Å²) >= 11 is 0. The number of ether oxygens (including phenoxy) is 1. The second-order valence-electron chi connectivity index (χ2n) is 4.14. The van der Waals surface area contributed by atoms with Crippen LogP contribution >= 0.6 is 0 Å². The van der Waals surface area contributed by atoms with Gasteiger partial charge in [0.15, 0.2) is 11.6 Å². The molecule has 0 aliphatic heterocycles. The first-order valence-electron chi connectivity index (χ1n) is 6.00. The first kappa shape index (κ1) is 13.5. The Kier molecular flexibility index (Phi) is 4.47. The van der Waals surface area contributed by atoms with Crippen molar-refractivity contribution in [3.8, 4) is 5.75 Å². The molecule has 100 valence electrons. The van der Waals surface area contributed by atoms with Crippen LogP contribution in [0.25, 0.3) is 0 Å². The van der Waals surface area contributed by atoms with E-state index in [1.807, 2.05) is 31.3 Å². The first-order chi connectivity index (χ1) is 9.22. The maximum absolute atomic E-state index is 13.5. The molecule has 0 amide bonds. The van der Waals surface area contributed by atoms with Crippen LogP contribution in [-0.4, -0.2) is 7.05 Å². The van der Waals surface area contributed by atoms with Gasteiger partial charge in [0.05, 0.1) is 0 Å². The summed E-state index contributed by atoms with van der Waals surface area (Å²) in [6.45, 7) is 0.659. The summed E-state index contributed by atoms with van der Waals surface area (Å²) in [5.41, 5.74) is 1.18. The number of para-hydroxylation sites is 1. The molecular weight excluding hydrogens is 248 g/mol. The third-order valence-corrected chi connectivity index (χ3v) is 2.75. The van der Waals surface area contributed by atoms with Gasteiger partial charge < -0.3 is 10.1 Å². The van der Waals surface area contributed by atoms with Crippen molar-refractivity contribution in [3.63, 3.8) is 0 Å². The minimum absolute atomic E-state index is 0.00429. The molecule has 0 bridgehead atoms. The zero-order valence-electron chi connectivity index (χ0n) is 10.6. The normalized spacial score (nSPS) is 10.5. The number of nitrogens with one attached hydrogen (secondary N) is 1. The van der Waals surface area contributed by atoms with Gasteiger partial charge in [0, 0.05) is 17.7 Å². The Balaban J connectivity index is 2.12. The molecule has 0 saturated heterocycles. The molecule has 0 radical (unpaired) electrons. The van der Waals surface area contributed by atoms with Gasteiger partial charge >= 0.3 is 0 Å². The van der Waals surface area contributed by atoms with Crippen LogP contribution in [0.4, 0.5) is 8.78 Å². The average Bonchev–Trinajstić information content (AvgIpc) is 2.42. The van der Waals surface area contributed by atoms with Gasteiger partial charge in [-0.25, -0.2) is 8.78 Å². The molecule has 0 aliphatic rings. The molecule has 0 atom stereocenters. The van der Waals surface area contributed by atoms with Crippen LogP contribution in [0.15, 0.2) is 42.5 Å². The van der Waals surface area contributed by atoms with Gasteiger partial charge in [-0.3, -0.25) is 0 Å². The molecule has 19 heavy (non-hydrogen) atoms. The van der Waals surface area contributed by atoms with Crippen molar-refractivity contribution >= 4 is 0 Å². The van der Waals surface area contributed by atoms with E-state index in [2.05, 4.69) is 5.32 Å². The first-order valence-corrected chi connectivity index (χ1v) is 6.00. The fraction of sp³-hybridized carbons (Fsp3) is 0.200. The Morgan fingerprint density at radius 3 is 2.53 bits per heavy atom. The molecule has 4 heteroatoms. The van der Waals surface area contributed by atoms with Crippen molar-refractivity contribution in [2.24, 2.45) is 0 Å². The smallest absolute Gasteiger partial charge is 0.165 e. The van der Waals surface area contributed by atoms with Crippen LogP contribution in [0.3, 0.4) is 0 Å². The molecule has 2 nitrogen and oxygen atoms in total. The fourth-order valence-electron chi connectivity index (χ4n) is 1.80. The standard InChI is InChI=1S/C15H15F2NO/c1-18-9-11-5-2-3-8-14(11)19-10-12-6-4-7-13(16)15(12)17/h2-8,18H,9-10H2,1H3. The summed E-state index contributed by atoms with van der Waals surface area (Å²) in [6.07, 6.45) is 0. The van der Waals surface area contributed by atoms with E-state index in [4.69, 9.17) is 4.74 Å². The molecule has 0 fully saturated rings. The Morgan fingerprint density at radius 1 is 1.00 bits per heavy atom. The van der Waals surface area contributed by atoms with E-state index >= 15 is 0 Å². The second-order valence-corrected chi connectivity index (χ2v) is 4.14. The Morgan fingerprint density at radius 2 is 1.74 bits per heavy atom. The van der Waals surface area contributed by atoms with Gasteiger partial charge in [0.1, 0.15) is 12.4 Å². The van der Waals surface area contributed by atoms with Crippen molar-refractivity contribution in [2.45, 2.75) is 13.2 Å². The van der Waals surface area contributed by atoms with Crippen LogP contribution in [-0.2, 0) is 13.2 Å². The molecular formula is C15H15F2NO. The Labute approximate surface area is 111 Å². The molecule has 2 aromatic rings. The molecule has 2 rings (SSSR count). The van der Waals surface area contributed by atoms with E-state index in [1.165, 1.54) is 12.1 Å². The van der Waals surface area contributed by atoms with Crippen molar-refractivity contribution < 1.29 is 13.5 Å². The lowest BCUT2D eigenvalue weighted by molar-refractivity contribution is 0.293. The van der Waals surface area contributed by atoms with Gasteiger partial charge in [-0.15, -0.1) is 0 Å². The van der Waals surface area contributed by atoms with Crippen molar-refractivity contribution in [1.82, 2.24) is 5.32 Å². The van der Waals surface area contributed by atoms with Crippen molar-refractivity contribution in [3.05, 3.63) is 65.2 Å². The third-order valence-electron chi connectivity index (χ3n) is 2.75. The maximum atomic E-state index is 13.5. The second kappa shape index (κ2) is 6.29. The van der Waals surface area contributed by atoms with E-state index in [1.54, 1.807) is 0 Å². The van der Waals surface area contributed by atoms with Gasteiger partial charge in [-0.2, -0.15) is 0 Å². The highest BCUT2D eigenvalue weighted by Crippen LogP contribution is 2.20. The summed E-state index contributed by atoms with van der Waals surface area (Å²) in [4.78, 5) is 0. The lowest BCUT2D eigenvalue weighted by Crippen LogP contribution is -2.08. The van der Waals surface area contributed by atoms with E-state index in [0.717, 1.165) is 11.6 Å². The van der Waals surface area contributed by atoms with Crippen molar-refractivity contribution in [1.29, 1.82) is 0 Å². The zero-order valence-corrected chi connectivity index (χ0v) is 10.6. The predicted octanol–water partition coefficient (Wildman–Crippen LogP) is 3.26. The van der Waals surface area contributed by atoms with Gasteiger partial charge in [0.2, 0.25) is 0 Å². The van der Waals surface area contributed by atoms with Crippen LogP contribution in [0, 0.1) is 11.6 Å². The fourth-order valence-corrected chi connectivity index (χ4v) is 1.80. The van der Waals surface area contributed by atoms with Gasteiger partial charge in [0.25, 0.3) is 0 Å². The largest absolute Gasteiger partial charge is 0.488 e. The quantitative estimate of drug-likeness (QED) is 0.894. The number of hydrogen-bond acceptors (Lipinski definition) is 2. The lowest BCUT2D eigenvalue weighted by Gasteiger charge is -2.11. The summed E-state index contributed by atoms with van der Waals surface area (Å²) in [7, 11) is 1.84. The Bertz CT molecular complexity index is 558. The molecule has 1 N–H and O–H groups in total. The molecule has 0 spiro atoms. The summed E-state index contributed by atoms with van der Waals surface area (Å²) in [5, 5.41) is 3.03. The molecule has 0 aromatic heterocycles. The summed E-state index contributed by atoms with van der Waals surface area (Å²) < 4.78 is 32.1. The molecule has 0 heterocycles. The maximum Gasteiger partial charge on any atom is 0.165 e. The highest BCUT2D eigenvalue weighted by Gasteiger charge is 2.09. The number of benzene rings is 2. The number of halogens is 2. The summed E-state index contributed by atoms with van der Waals surface area (Å²) in [6, 6.07) is 11.6.